The van der Waals surface area contributed by atoms with Crippen molar-refractivity contribution in [1.29, 1.82) is 0 Å². The zero-order chi connectivity index (χ0) is 15.2. The lowest BCUT2D eigenvalue weighted by Gasteiger charge is -2.29. The first-order valence-electron chi connectivity index (χ1n) is 7.31. The van der Waals surface area contributed by atoms with Crippen molar-refractivity contribution in [1.82, 2.24) is 5.32 Å². The van der Waals surface area contributed by atoms with Gasteiger partial charge in [-0.1, -0.05) is 19.1 Å². The van der Waals surface area contributed by atoms with E-state index in [4.69, 9.17) is 9.84 Å². The molecule has 1 fully saturated rings. The number of hydrogen-bond donors (Lipinski definition) is 2. The van der Waals surface area contributed by atoms with E-state index >= 15 is 0 Å². The Morgan fingerprint density at radius 3 is 2.95 bits per heavy atom. The molecule has 5 heteroatoms. The van der Waals surface area contributed by atoms with Crippen LogP contribution < -0.4 is 5.32 Å². The van der Waals surface area contributed by atoms with Crippen molar-refractivity contribution < 1.29 is 19.4 Å². The standard InChI is InChI=1S/C16H21NO4/c1-2-14-10-13(6-7-21-14)17-15(18)9-11-4-3-5-12(8-11)16(19)20/h3-5,8,13-14H,2,6-7,9-10H2,1H3,(H,17,18)(H,19,20). The number of carboxylic acid groups (broad SMARTS) is 1. The predicted molar refractivity (Wildman–Crippen MR) is 78.3 cm³/mol. The van der Waals surface area contributed by atoms with Crippen LogP contribution in [0, 0.1) is 0 Å². The minimum Gasteiger partial charge on any atom is -0.478 e. The molecule has 1 saturated heterocycles. The van der Waals surface area contributed by atoms with Crippen LogP contribution in [0.4, 0.5) is 0 Å². The number of rotatable bonds is 5. The molecule has 0 saturated carbocycles. The van der Waals surface area contributed by atoms with E-state index in [1.807, 2.05) is 0 Å². The van der Waals surface area contributed by atoms with E-state index < -0.39 is 5.97 Å². The van der Waals surface area contributed by atoms with Gasteiger partial charge in [0.15, 0.2) is 0 Å². The highest BCUT2D eigenvalue weighted by Crippen LogP contribution is 2.16. The van der Waals surface area contributed by atoms with Gasteiger partial charge in [0.1, 0.15) is 0 Å². The minimum atomic E-state index is -0.979. The Bertz CT molecular complexity index is 515. The third-order valence-electron chi connectivity index (χ3n) is 3.73. The molecular weight excluding hydrogens is 270 g/mol. The number of ether oxygens (including phenoxy) is 1. The minimum absolute atomic E-state index is 0.0701. The molecule has 1 aliphatic rings. The van der Waals surface area contributed by atoms with Crippen molar-refractivity contribution in [2.45, 2.75) is 44.8 Å². The predicted octanol–water partition coefficient (Wildman–Crippen LogP) is 2.00. The van der Waals surface area contributed by atoms with Gasteiger partial charge in [-0.3, -0.25) is 4.79 Å². The number of nitrogens with one attached hydrogen (secondary N) is 1. The highest BCUT2D eigenvalue weighted by molar-refractivity contribution is 5.88. The van der Waals surface area contributed by atoms with Crippen LogP contribution in [-0.4, -0.2) is 35.7 Å². The number of aromatic carboxylic acids is 1. The Morgan fingerprint density at radius 1 is 1.43 bits per heavy atom. The summed E-state index contributed by atoms with van der Waals surface area (Å²) >= 11 is 0. The van der Waals surface area contributed by atoms with E-state index in [1.54, 1.807) is 18.2 Å². The maximum atomic E-state index is 12.1. The fraction of sp³-hybridized carbons (Fsp3) is 0.500. The molecule has 114 valence electrons. The topological polar surface area (TPSA) is 75.6 Å². The normalized spacial score (nSPS) is 21.8. The van der Waals surface area contributed by atoms with E-state index in [-0.39, 0.29) is 30.0 Å². The Hall–Kier alpha value is -1.88. The summed E-state index contributed by atoms with van der Waals surface area (Å²) in [6.45, 7) is 2.75. The fourth-order valence-corrected chi connectivity index (χ4v) is 2.57. The van der Waals surface area contributed by atoms with Crippen molar-refractivity contribution in [3.8, 4) is 0 Å². The zero-order valence-electron chi connectivity index (χ0n) is 12.2. The smallest absolute Gasteiger partial charge is 0.335 e. The molecule has 2 atom stereocenters. The molecule has 1 amide bonds. The summed E-state index contributed by atoms with van der Waals surface area (Å²) in [7, 11) is 0. The summed E-state index contributed by atoms with van der Waals surface area (Å²) < 4.78 is 5.58. The SMILES string of the molecule is CCC1CC(NC(=O)Cc2cccc(C(=O)O)c2)CCO1. The van der Waals surface area contributed by atoms with E-state index in [1.165, 1.54) is 6.07 Å². The molecule has 1 aromatic rings. The average Bonchev–Trinajstić information content (AvgIpc) is 2.47. The number of carbonyl (C=O) groups is 2. The number of hydrogen-bond acceptors (Lipinski definition) is 3. The van der Waals surface area contributed by atoms with Gasteiger partial charge in [-0.15, -0.1) is 0 Å². The maximum absolute atomic E-state index is 12.1. The first-order valence-corrected chi connectivity index (χ1v) is 7.31. The molecule has 2 unspecified atom stereocenters. The van der Waals surface area contributed by atoms with E-state index in [9.17, 15) is 9.59 Å². The molecular formula is C16H21NO4. The molecule has 1 aliphatic heterocycles. The lowest BCUT2D eigenvalue weighted by molar-refractivity contribution is -0.122. The third kappa shape index (κ3) is 4.56. The van der Waals surface area contributed by atoms with Crippen molar-refractivity contribution >= 4 is 11.9 Å². The Labute approximate surface area is 124 Å². The van der Waals surface area contributed by atoms with Gasteiger partial charge in [-0.05, 0) is 37.0 Å². The van der Waals surface area contributed by atoms with Crippen LogP contribution in [0.25, 0.3) is 0 Å². The van der Waals surface area contributed by atoms with Crippen molar-refractivity contribution in [2.24, 2.45) is 0 Å². The second-order valence-electron chi connectivity index (χ2n) is 5.37. The zero-order valence-corrected chi connectivity index (χ0v) is 12.2. The monoisotopic (exact) mass is 291 g/mol. The molecule has 0 aromatic heterocycles. The van der Waals surface area contributed by atoms with Crippen LogP contribution >= 0.6 is 0 Å². The summed E-state index contributed by atoms with van der Waals surface area (Å²) in [6.07, 6.45) is 3.05. The number of carbonyl (C=O) groups excluding carboxylic acids is 1. The molecule has 1 heterocycles. The lowest BCUT2D eigenvalue weighted by Crippen LogP contribution is -2.42. The largest absolute Gasteiger partial charge is 0.478 e. The van der Waals surface area contributed by atoms with Gasteiger partial charge in [0.25, 0.3) is 0 Å². The Kier molecular flexibility index (Phi) is 5.33. The summed E-state index contributed by atoms with van der Waals surface area (Å²) in [6, 6.07) is 6.65. The van der Waals surface area contributed by atoms with Crippen LogP contribution in [0.5, 0.6) is 0 Å². The van der Waals surface area contributed by atoms with Crippen LogP contribution in [0.2, 0.25) is 0 Å². The van der Waals surface area contributed by atoms with Crippen LogP contribution in [0.1, 0.15) is 42.1 Å². The van der Waals surface area contributed by atoms with Crippen LogP contribution in [-0.2, 0) is 16.0 Å². The van der Waals surface area contributed by atoms with Gasteiger partial charge < -0.3 is 15.2 Å². The van der Waals surface area contributed by atoms with Gasteiger partial charge in [-0.2, -0.15) is 0 Å². The van der Waals surface area contributed by atoms with Gasteiger partial charge in [0.05, 0.1) is 18.1 Å². The highest BCUT2D eigenvalue weighted by Gasteiger charge is 2.22. The first kappa shape index (κ1) is 15.5. The van der Waals surface area contributed by atoms with Crippen LogP contribution in [0.15, 0.2) is 24.3 Å². The molecule has 2 N–H and O–H groups in total. The first-order chi connectivity index (χ1) is 10.1. The molecule has 0 spiro atoms. The van der Waals surface area contributed by atoms with Crippen LogP contribution in [0.3, 0.4) is 0 Å². The lowest BCUT2D eigenvalue weighted by atomic mass is 10.0. The molecule has 0 aliphatic carbocycles. The number of benzene rings is 1. The van der Waals surface area contributed by atoms with Crippen molar-refractivity contribution in [3.05, 3.63) is 35.4 Å². The van der Waals surface area contributed by atoms with E-state index in [0.717, 1.165) is 19.3 Å². The Balaban J connectivity index is 1.89. The fourth-order valence-electron chi connectivity index (χ4n) is 2.57. The summed E-state index contributed by atoms with van der Waals surface area (Å²) in [5.74, 6) is -1.05. The summed E-state index contributed by atoms with van der Waals surface area (Å²) in [5, 5.41) is 12.0. The van der Waals surface area contributed by atoms with Crippen molar-refractivity contribution in [2.75, 3.05) is 6.61 Å². The summed E-state index contributed by atoms with van der Waals surface area (Å²) in [4.78, 5) is 23.0. The number of carboxylic acids is 1. The van der Waals surface area contributed by atoms with Gasteiger partial charge in [0.2, 0.25) is 5.91 Å². The second kappa shape index (κ2) is 7.22. The van der Waals surface area contributed by atoms with E-state index in [2.05, 4.69) is 12.2 Å². The van der Waals surface area contributed by atoms with Gasteiger partial charge in [-0.25, -0.2) is 4.79 Å². The highest BCUT2D eigenvalue weighted by atomic mass is 16.5. The van der Waals surface area contributed by atoms with Crippen molar-refractivity contribution in [3.63, 3.8) is 0 Å². The second-order valence-corrected chi connectivity index (χ2v) is 5.37. The average molecular weight is 291 g/mol. The van der Waals surface area contributed by atoms with E-state index in [0.29, 0.717) is 12.2 Å². The molecule has 21 heavy (non-hydrogen) atoms. The third-order valence-corrected chi connectivity index (χ3v) is 3.73. The molecule has 0 radical (unpaired) electrons. The molecule has 0 bridgehead atoms. The maximum Gasteiger partial charge on any atom is 0.335 e. The van der Waals surface area contributed by atoms with Gasteiger partial charge >= 0.3 is 5.97 Å². The molecule has 1 aromatic carbocycles. The molecule has 2 rings (SSSR count). The Morgan fingerprint density at radius 2 is 2.24 bits per heavy atom. The van der Waals surface area contributed by atoms with Gasteiger partial charge in [0, 0.05) is 12.6 Å². The summed E-state index contributed by atoms with van der Waals surface area (Å²) in [5.41, 5.74) is 0.920. The number of amides is 1. The quantitative estimate of drug-likeness (QED) is 0.870. The molecule has 5 nitrogen and oxygen atoms in total.